The second-order valence-electron chi connectivity index (χ2n) is 7.90. The number of benzene rings is 1. The topological polar surface area (TPSA) is 74.4 Å². The Labute approximate surface area is 158 Å². The van der Waals surface area contributed by atoms with Gasteiger partial charge in [-0.1, -0.05) is 13.8 Å². The number of methoxy groups -OCH3 is 1. The van der Waals surface area contributed by atoms with Crippen LogP contribution in [0.1, 0.15) is 43.6 Å². The van der Waals surface area contributed by atoms with Crippen molar-refractivity contribution >= 4 is 28.5 Å². The quantitative estimate of drug-likeness (QED) is 0.784. The molecule has 2 aromatic rings. The van der Waals surface area contributed by atoms with Gasteiger partial charge in [-0.15, -0.1) is 0 Å². The predicted molar refractivity (Wildman–Crippen MR) is 102 cm³/mol. The third-order valence-corrected chi connectivity index (χ3v) is 5.05. The monoisotopic (exact) mass is 375 g/mol. The molecule has 0 aliphatic carbocycles. The first-order valence-corrected chi connectivity index (χ1v) is 9.21. The molecule has 0 atom stereocenters. The fourth-order valence-electron chi connectivity index (χ4n) is 3.75. The number of H-pyrrole nitrogens is 1. The van der Waals surface area contributed by atoms with Gasteiger partial charge in [-0.05, 0) is 43.0 Å². The van der Waals surface area contributed by atoms with Gasteiger partial charge < -0.3 is 19.9 Å². The lowest BCUT2D eigenvalue weighted by Gasteiger charge is -2.37. The number of ether oxygens (including phenoxy) is 1. The molecule has 146 valence electrons. The van der Waals surface area contributed by atoms with Gasteiger partial charge in [-0.3, -0.25) is 4.79 Å². The summed E-state index contributed by atoms with van der Waals surface area (Å²) in [7, 11) is 1.26. The summed E-state index contributed by atoms with van der Waals surface area (Å²) >= 11 is 0. The molecule has 1 fully saturated rings. The van der Waals surface area contributed by atoms with Gasteiger partial charge in [-0.25, -0.2) is 9.18 Å². The van der Waals surface area contributed by atoms with E-state index in [1.54, 1.807) is 0 Å². The lowest BCUT2D eigenvalue weighted by atomic mass is 9.84. The van der Waals surface area contributed by atoms with Crippen molar-refractivity contribution in [3.8, 4) is 0 Å². The van der Waals surface area contributed by atoms with Crippen LogP contribution in [0.5, 0.6) is 0 Å². The summed E-state index contributed by atoms with van der Waals surface area (Å²) in [6, 6.07) is 4.12. The number of carbonyl (C=O) groups is 2. The highest BCUT2D eigenvalue weighted by Crippen LogP contribution is 2.30. The van der Waals surface area contributed by atoms with Gasteiger partial charge >= 0.3 is 5.97 Å². The Kier molecular flexibility index (Phi) is 5.51. The molecule has 6 nitrogen and oxygen atoms in total. The summed E-state index contributed by atoms with van der Waals surface area (Å²) in [4.78, 5) is 29.7. The van der Waals surface area contributed by atoms with E-state index in [9.17, 15) is 14.0 Å². The molecule has 2 heterocycles. The number of aromatic nitrogens is 1. The minimum Gasteiger partial charge on any atom is -0.464 e. The molecule has 1 saturated heterocycles. The number of anilines is 1. The average molecular weight is 375 g/mol. The molecule has 0 spiro atoms. The summed E-state index contributed by atoms with van der Waals surface area (Å²) in [6.45, 7) is 7.08. The van der Waals surface area contributed by atoms with E-state index in [0.717, 1.165) is 19.5 Å². The van der Waals surface area contributed by atoms with Crippen molar-refractivity contribution in [2.45, 2.75) is 33.1 Å². The molecule has 27 heavy (non-hydrogen) atoms. The molecular formula is C20H26FN3O3. The first-order valence-electron chi connectivity index (χ1n) is 9.21. The number of carbonyl (C=O) groups excluding carboxylic acids is 2. The molecular weight excluding hydrogens is 349 g/mol. The van der Waals surface area contributed by atoms with Crippen LogP contribution in [0.25, 0.3) is 10.9 Å². The normalized spacial score (nSPS) is 17.0. The molecule has 1 aliphatic heterocycles. The SMILES string of the molecule is COC(=O)c1[nH]c2ccc(F)cc2c1NC(=O)CCN1CCCC(C)(C)C1. The number of esters is 1. The van der Waals surface area contributed by atoms with Crippen LogP contribution in [0, 0.1) is 11.2 Å². The van der Waals surface area contributed by atoms with E-state index in [1.807, 2.05) is 0 Å². The third kappa shape index (κ3) is 4.47. The van der Waals surface area contributed by atoms with Crippen LogP contribution in [0.4, 0.5) is 10.1 Å². The van der Waals surface area contributed by atoms with Gasteiger partial charge in [0.15, 0.2) is 0 Å². The molecule has 0 unspecified atom stereocenters. The largest absolute Gasteiger partial charge is 0.464 e. The number of rotatable bonds is 5. The molecule has 1 amide bonds. The van der Waals surface area contributed by atoms with E-state index in [1.165, 1.54) is 31.7 Å². The number of nitrogens with one attached hydrogen (secondary N) is 2. The second kappa shape index (κ2) is 7.68. The number of fused-ring (bicyclic) bond motifs is 1. The van der Waals surface area contributed by atoms with Crippen LogP contribution < -0.4 is 5.32 Å². The fraction of sp³-hybridized carbons (Fsp3) is 0.500. The Morgan fingerprint density at radius 1 is 1.37 bits per heavy atom. The number of hydrogen-bond donors (Lipinski definition) is 2. The van der Waals surface area contributed by atoms with Gasteiger partial charge in [0.05, 0.1) is 12.8 Å². The fourth-order valence-corrected chi connectivity index (χ4v) is 3.75. The highest BCUT2D eigenvalue weighted by Gasteiger charge is 2.26. The molecule has 1 aliphatic rings. The number of halogens is 1. The molecule has 1 aromatic heterocycles. The lowest BCUT2D eigenvalue weighted by molar-refractivity contribution is -0.116. The minimum absolute atomic E-state index is 0.116. The standard InChI is InChI=1S/C20H26FN3O3/c1-20(2)8-4-9-24(12-20)10-7-16(25)23-17-14-11-13(21)5-6-15(14)22-18(17)19(26)27-3/h5-6,11,22H,4,7-10,12H2,1-3H3,(H,23,25). The maximum absolute atomic E-state index is 13.7. The first kappa shape index (κ1) is 19.4. The van der Waals surface area contributed by atoms with E-state index in [-0.39, 0.29) is 22.7 Å². The maximum atomic E-state index is 13.7. The summed E-state index contributed by atoms with van der Waals surface area (Å²) in [6.07, 6.45) is 2.63. The number of piperidine rings is 1. The van der Waals surface area contributed by atoms with E-state index in [0.29, 0.717) is 23.9 Å². The molecule has 7 heteroatoms. The van der Waals surface area contributed by atoms with E-state index < -0.39 is 11.8 Å². The van der Waals surface area contributed by atoms with Crippen molar-refractivity contribution in [1.82, 2.24) is 9.88 Å². The third-order valence-electron chi connectivity index (χ3n) is 5.05. The van der Waals surface area contributed by atoms with E-state index in [2.05, 4.69) is 29.0 Å². The molecule has 0 bridgehead atoms. The van der Waals surface area contributed by atoms with E-state index >= 15 is 0 Å². The van der Waals surface area contributed by atoms with Crippen molar-refractivity contribution < 1.29 is 18.7 Å². The molecule has 0 saturated carbocycles. The predicted octanol–water partition coefficient (Wildman–Crippen LogP) is 3.54. The highest BCUT2D eigenvalue weighted by molar-refractivity contribution is 6.10. The van der Waals surface area contributed by atoms with Crippen LogP contribution in [0.2, 0.25) is 0 Å². The van der Waals surface area contributed by atoms with Crippen LogP contribution in [0.3, 0.4) is 0 Å². The summed E-state index contributed by atoms with van der Waals surface area (Å²) in [5.74, 6) is -1.27. The van der Waals surface area contributed by atoms with Crippen molar-refractivity contribution in [1.29, 1.82) is 0 Å². The molecule has 2 N–H and O–H groups in total. The Morgan fingerprint density at radius 2 is 2.15 bits per heavy atom. The molecule has 3 rings (SSSR count). The minimum atomic E-state index is -0.611. The van der Waals surface area contributed by atoms with Crippen LogP contribution in [-0.2, 0) is 9.53 Å². The van der Waals surface area contributed by atoms with Gasteiger partial charge in [-0.2, -0.15) is 0 Å². The lowest BCUT2D eigenvalue weighted by Crippen LogP contribution is -2.41. The number of likely N-dealkylation sites (tertiary alicyclic amines) is 1. The zero-order valence-corrected chi connectivity index (χ0v) is 16.0. The summed E-state index contributed by atoms with van der Waals surface area (Å²) < 4.78 is 18.4. The second-order valence-corrected chi connectivity index (χ2v) is 7.90. The van der Waals surface area contributed by atoms with Gasteiger partial charge in [0.25, 0.3) is 0 Å². The average Bonchev–Trinajstić information content (AvgIpc) is 2.96. The van der Waals surface area contributed by atoms with E-state index in [4.69, 9.17) is 4.74 Å². The van der Waals surface area contributed by atoms with Crippen molar-refractivity contribution in [3.63, 3.8) is 0 Å². The Hall–Kier alpha value is -2.41. The Bertz CT molecular complexity index is 860. The Balaban J connectivity index is 1.74. The molecule has 1 aromatic carbocycles. The van der Waals surface area contributed by atoms with Crippen LogP contribution in [0.15, 0.2) is 18.2 Å². The van der Waals surface area contributed by atoms with Crippen LogP contribution >= 0.6 is 0 Å². The number of hydrogen-bond acceptors (Lipinski definition) is 4. The smallest absolute Gasteiger partial charge is 0.356 e. The number of nitrogens with zero attached hydrogens (tertiary/aromatic N) is 1. The Morgan fingerprint density at radius 3 is 2.85 bits per heavy atom. The maximum Gasteiger partial charge on any atom is 0.356 e. The van der Waals surface area contributed by atoms with Crippen molar-refractivity contribution in [3.05, 3.63) is 29.7 Å². The summed E-state index contributed by atoms with van der Waals surface area (Å²) in [5, 5.41) is 3.22. The zero-order chi connectivity index (χ0) is 19.6. The van der Waals surface area contributed by atoms with Crippen LogP contribution in [-0.4, -0.2) is 48.5 Å². The molecule has 0 radical (unpaired) electrons. The van der Waals surface area contributed by atoms with Crippen molar-refractivity contribution in [2.24, 2.45) is 5.41 Å². The van der Waals surface area contributed by atoms with Gasteiger partial charge in [0.2, 0.25) is 5.91 Å². The highest BCUT2D eigenvalue weighted by atomic mass is 19.1. The number of aromatic amines is 1. The number of amides is 1. The summed E-state index contributed by atoms with van der Waals surface area (Å²) in [5.41, 5.74) is 1.21. The van der Waals surface area contributed by atoms with Gasteiger partial charge in [0.1, 0.15) is 11.5 Å². The first-order chi connectivity index (χ1) is 12.8. The van der Waals surface area contributed by atoms with Gasteiger partial charge in [0, 0.05) is 30.4 Å². The zero-order valence-electron chi connectivity index (χ0n) is 16.0. The van der Waals surface area contributed by atoms with Crippen molar-refractivity contribution in [2.75, 3.05) is 32.1 Å².